The Hall–Kier alpha value is -1.92. The maximum Gasteiger partial charge on any atom is 0.351 e. The van der Waals surface area contributed by atoms with E-state index in [-0.39, 0.29) is 5.82 Å². The fourth-order valence-electron chi connectivity index (χ4n) is 2.17. The average molecular weight is 282 g/mol. The van der Waals surface area contributed by atoms with E-state index in [2.05, 4.69) is 10.9 Å². The number of aliphatic hydroxyl groups is 2. The molecule has 1 aliphatic rings. The van der Waals surface area contributed by atoms with E-state index in [4.69, 9.17) is 25.4 Å². The van der Waals surface area contributed by atoms with Crippen LogP contribution < -0.4 is 17.2 Å². The molecule has 1 aromatic heterocycles. The number of nitrogens with two attached hydrogens (primary N) is 2. The van der Waals surface area contributed by atoms with Crippen molar-refractivity contribution in [2.45, 2.75) is 30.9 Å². The summed E-state index contributed by atoms with van der Waals surface area (Å²) in [5.41, 5.74) is 8.94. The molecule has 0 bridgehead atoms. The van der Waals surface area contributed by atoms with Gasteiger partial charge in [-0.2, -0.15) is 4.98 Å². The summed E-state index contributed by atoms with van der Waals surface area (Å²) >= 11 is 0. The fraction of sp³-hybridized carbons (Fsp3) is 0.500. The number of hydrogen-bond donors (Lipinski definition) is 4. The Morgan fingerprint density at radius 1 is 1.80 bits per heavy atom. The minimum atomic E-state index is -2.91. The summed E-state index contributed by atoms with van der Waals surface area (Å²) in [6.45, 7) is -1.39. The molecule has 1 aliphatic heterocycles. The highest BCUT2D eigenvalue weighted by molar-refractivity contribution is 5.30. The van der Waals surface area contributed by atoms with Crippen LogP contribution in [0.2, 0.25) is 0 Å². The maximum absolute atomic E-state index is 12.0. The van der Waals surface area contributed by atoms with Crippen molar-refractivity contribution in [3.8, 4) is 12.3 Å². The molecule has 108 valence electrons. The van der Waals surface area contributed by atoms with E-state index >= 15 is 0 Å². The third-order valence-electron chi connectivity index (χ3n) is 3.24. The first-order chi connectivity index (χ1) is 10.0. The number of anilines is 1. The zero-order valence-electron chi connectivity index (χ0n) is 12.6. The van der Waals surface area contributed by atoms with Crippen LogP contribution in [-0.4, -0.2) is 44.1 Å². The van der Waals surface area contributed by atoms with Gasteiger partial charge in [0.25, 0.3) is 0 Å². The standard InChI is InChI=1S/C12H16N4O4/c1-3-12(14)9(18)7(5-17)20-10(12)16-6(2)4-8(13)15-11(16)19/h1,4,7,9-10,17-18H,5,14H2,2H3,(H2,13,15,19)/t7-,9+,10-,12?/m1/s1/i5D2. The summed E-state index contributed by atoms with van der Waals surface area (Å²) in [5, 5.41) is 19.6. The van der Waals surface area contributed by atoms with Gasteiger partial charge in [-0.15, -0.1) is 6.42 Å². The number of nitrogen functional groups attached to an aromatic ring is 1. The van der Waals surface area contributed by atoms with Gasteiger partial charge in [0.1, 0.15) is 18.0 Å². The lowest BCUT2D eigenvalue weighted by Gasteiger charge is -2.28. The van der Waals surface area contributed by atoms with E-state index < -0.39 is 36.2 Å². The Kier molecular flexibility index (Phi) is 2.90. The van der Waals surface area contributed by atoms with Gasteiger partial charge in [-0.1, -0.05) is 5.92 Å². The molecular weight excluding hydrogens is 264 g/mol. The van der Waals surface area contributed by atoms with Crippen molar-refractivity contribution in [1.82, 2.24) is 9.55 Å². The number of aryl methyl sites for hydroxylation is 1. The second-order valence-corrected chi connectivity index (χ2v) is 4.54. The van der Waals surface area contributed by atoms with E-state index in [1.54, 1.807) is 0 Å². The van der Waals surface area contributed by atoms with Crippen LogP contribution in [0.4, 0.5) is 5.82 Å². The molecule has 0 aromatic carbocycles. The van der Waals surface area contributed by atoms with Crippen LogP contribution in [0.5, 0.6) is 0 Å². The SMILES string of the molecule is [2H]C([2H])(O)[C@H]1O[C@@H](n2c(C)cc(N)nc2=O)C(N)(C#C)[C@H]1O. The van der Waals surface area contributed by atoms with Gasteiger partial charge in [-0.25, -0.2) is 4.79 Å². The van der Waals surface area contributed by atoms with Crippen LogP contribution in [0.15, 0.2) is 10.9 Å². The van der Waals surface area contributed by atoms with E-state index in [1.807, 2.05) is 0 Å². The van der Waals surface area contributed by atoms with Crippen LogP contribution in [-0.2, 0) is 4.74 Å². The molecule has 6 N–H and O–H groups in total. The van der Waals surface area contributed by atoms with Gasteiger partial charge in [0.05, 0.1) is 9.30 Å². The van der Waals surface area contributed by atoms with Gasteiger partial charge in [-0.3, -0.25) is 4.57 Å². The third kappa shape index (κ3) is 1.97. The van der Waals surface area contributed by atoms with Crippen molar-refractivity contribution in [3.05, 3.63) is 22.2 Å². The summed E-state index contributed by atoms with van der Waals surface area (Å²) in [5.74, 6) is 2.10. The first-order valence-electron chi connectivity index (χ1n) is 6.70. The number of aromatic nitrogens is 2. The summed E-state index contributed by atoms with van der Waals surface area (Å²) in [4.78, 5) is 15.6. The molecule has 0 spiro atoms. The lowest BCUT2D eigenvalue weighted by atomic mass is 9.92. The Balaban J connectivity index is 2.61. The van der Waals surface area contributed by atoms with Crippen molar-refractivity contribution in [3.63, 3.8) is 0 Å². The molecule has 1 saturated heterocycles. The molecule has 0 radical (unpaired) electrons. The van der Waals surface area contributed by atoms with Crippen LogP contribution >= 0.6 is 0 Å². The van der Waals surface area contributed by atoms with Crippen LogP contribution in [0.1, 0.15) is 14.7 Å². The average Bonchev–Trinajstić information content (AvgIpc) is 2.63. The number of nitrogens with zero attached hydrogens (tertiary/aromatic N) is 2. The Bertz CT molecular complexity index is 696. The number of rotatable bonds is 2. The van der Waals surface area contributed by atoms with E-state index in [0.717, 1.165) is 4.57 Å². The van der Waals surface area contributed by atoms with Crippen LogP contribution in [0, 0.1) is 19.3 Å². The number of ether oxygens (including phenoxy) is 1. The number of hydrogen-bond acceptors (Lipinski definition) is 7. The fourth-order valence-corrected chi connectivity index (χ4v) is 2.17. The van der Waals surface area contributed by atoms with Crippen molar-refractivity contribution in [2.75, 3.05) is 12.3 Å². The molecule has 4 atom stereocenters. The molecule has 8 nitrogen and oxygen atoms in total. The highest BCUT2D eigenvalue weighted by atomic mass is 16.5. The smallest absolute Gasteiger partial charge is 0.351 e. The molecule has 1 fully saturated rings. The summed E-state index contributed by atoms with van der Waals surface area (Å²) in [6.07, 6.45) is 0.448. The zero-order valence-corrected chi connectivity index (χ0v) is 10.6. The summed E-state index contributed by atoms with van der Waals surface area (Å²) in [6, 6.07) is 1.37. The molecule has 2 heterocycles. The van der Waals surface area contributed by atoms with Crippen molar-refractivity contribution in [2.24, 2.45) is 5.73 Å². The first kappa shape index (κ1) is 11.9. The predicted octanol–water partition coefficient (Wildman–Crippen LogP) is -2.28. The van der Waals surface area contributed by atoms with Crippen LogP contribution in [0.3, 0.4) is 0 Å². The highest BCUT2D eigenvalue weighted by Gasteiger charge is 2.54. The minimum absolute atomic E-state index is 0.0188. The first-order valence-corrected chi connectivity index (χ1v) is 5.70. The summed E-state index contributed by atoms with van der Waals surface area (Å²) in [7, 11) is 0. The van der Waals surface area contributed by atoms with Gasteiger partial charge in [0, 0.05) is 5.69 Å². The lowest BCUT2D eigenvalue weighted by molar-refractivity contribution is -0.0483. The molecule has 0 amide bonds. The normalized spacial score (nSPS) is 35.2. The largest absolute Gasteiger partial charge is 0.394 e. The quantitative estimate of drug-likeness (QED) is 0.448. The topological polar surface area (TPSA) is 137 Å². The molecule has 1 aromatic rings. The van der Waals surface area contributed by atoms with Crippen molar-refractivity contribution < 1.29 is 17.7 Å². The van der Waals surface area contributed by atoms with E-state index in [1.165, 1.54) is 13.0 Å². The number of aliphatic hydroxyl groups excluding tert-OH is 1. The van der Waals surface area contributed by atoms with Crippen molar-refractivity contribution in [1.29, 1.82) is 0 Å². The Morgan fingerprint density at radius 2 is 2.45 bits per heavy atom. The van der Waals surface area contributed by atoms with Gasteiger partial charge in [-0.05, 0) is 13.0 Å². The molecule has 1 unspecified atom stereocenters. The Morgan fingerprint density at radius 3 is 2.95 bits per heavy atom. The second-order valence-electron chi connectivity index (χ2n) is 4.54. The third-order valence-corrected chi connectivity index (χ3v) is 3.24. The molecule has 2 rings (SSSR count). The van der Waals surface area contributed by atoms with Gasteiger partial charge in [0.2, 0.25) is 0 Å². The monoisotopic (exact) mass is 282 g/mol. The van der Waals surface area contributed by atoms with Gasteiger partial charge >= 0.3 is 5.69 Å². The molecule has 8 heteroatoms. The van der Waals surface area contributed by atoms with Crippen molar-refractivity contribution >= 4 is 5.82 Å². The predicted molar refractivity (Wildman–Crippen MR) is 70.4 cm³/mol. The van der Waals surface area contributed by atoms with Crippen LogP contribution in [0.25, 0.3) is 0 Å². The highest BCUT2D eigenvalue weighted by Crippen LogP contribution is 2.36. The molecular formula is C12H16N4O4. The van der Waals surface area contributed by atoms with Gasteiger partial charge < -0.3 is 26.4 Å². The minimum Gasteiger partial charge on any atom is -0.394 e. The maximum atomic E-state index is 12.0. The number of terminal acetylenes is 1. The van der Waals surface area contributed by atoms with E-state index in [9.17, 15) is 15.0 Å². The molecule has 20 heavy (non-hydrogen) atoms. The molecule has 0 saturated carbocycles. The van der Waals surface area contributed by atoms with E-state index in [0.29, 0.717) is 5.69 Å². The summed E-state index contributed by atoms with van der Waals surface area (Å²) < 4.78 is 20.8. The van der Waals surface area contributed by atoms with Gasteiger partial charge in [0.15, 0.2) is 11.8 Å². The second kappa shape index (κ2) is 4.88. The molecule has 0 aliphatic carbocycles. The Labute approximate surface area is 117 Å². The zero-order chi connectivity index (χ0) is 16.9. The lowest BCUT2D eigenvalue weighted by Crippen LogP contribution is -2.55.